The summed E-state index contributed by atoms with van der Waals surface area (Å²) in [7, 11) is 0. The summed E-state index contributed by atoms with van der Waals surface area (Å²) in [6.45, 7) is 0. The lowest BCUT2D eigenvalue weighted by atomic mass is 9.63. The molecule has 234 valence electrons. The average molecular weight is 641 g/mol. The van der Waals surface area contributed by atoms with E-state index in [1.54, 1.807) is 12.1 Å². The fourth-order valence-corrected chi connectivity index (χ4v) is 7.21. The van der Waals surface area contributed by atoms with Gasteiger partial charge in [0.2, 0.25) is 0 Å². The van der Waals surface area contributed by atoms with Crippen molar-refractivity contribution in [3.8, 4) is 51.7 Å². The normalized spacial score (nSPS) is 12.7. The van der Waals surface area contributed by atoms with Crippen LogP contribution in [0.5, 0.6) is 11.5 Å². The molecule has 0 radical (unpaired) electrons. The first-order valence-corrected chi connectivity index (χ1v) is 16.5. The summed E-state index contributed by atoms with van der Waals surface area (Å²) in [6, 6.07) is 59.7. The molecule has 0 amide bonds. The van der Waals surface area contributed by atoms with Crippen molar-refractivity contribution in [1.82, 2.24) is 15.0 Å². The second kappa shape index (κ2) is 12.0. The van der Waals surface area contributed by atoms with Crippen molar-refractivity contribution < 1.29 is 4.74 Å². The molecule has 0 fully saturated rings. The number of nitriles is 1. The Balaban J connectivity index is 1.32. The van der Waals surface area contributed by atoms with Gasteiger partial charge >= 0.3 is 0 Å². The van der Waals surface area contributed by atoms with Gasteiger partial charge in [-0.25, -0.2) is 15.0 Å². The number of fused-ring (bicyclic) bond motifs is 3. The lowest BCUT2D eigenvalue weighted by Gasteiger charge is -2.41. The van der Waals surface area contributed by atoms with Crippen LogP contribution >= 0.6 is 0 Å². The summed E-state index contributed by atoms with van der Waals surface area (Å²) in [5.74, 6) is 3.23. The Morgan fingerprint density at radius 3 is 1.80 bits per heavy atom. The van der Waals surface area contributed by atoms with E-state index in [4.69, 9.17) is 19.7 Å². The topological polar surface area (TPSA) is 71.7 Å². The summed E-state index contributed by atoms with van der Waals surface area (Å²) in [5.41, 5.74) is 6.77. The molecule has 0 unspecified atom stereocenters. The van der Waals surface area contributed by atoms with E-state index in [1.165, 1.54) is 0 Å². The van der Waals surface area contributed by atoms with Crippen LogP contribution in [0.25, 0.3) is 44.9 Å². The average Bonchev–Trinajstić information content (AvgIpc) is 3.20. The molecule has 8 aromatic rings. The predicted octanol–water partition coefficient (Wildman–Crippen LogP) is 10.4. The zero-order chi connectivity index (χ0) is 33.5. The Morgan fingerprint density at radius 2 is 1.06 bits per heavy atom. The van der Waals surface area contributed by atoms with Crippen molar-refractivity contribution in [2.75, 3.05) is 0 Å². The Morgan fingerprint density at radius 1 is 0.480 bits per heavy atom. The molecule has 50 heavy (non-hydrogen) atoms. The highest BCUT2D eigenvalue weighted by Crippen LogP contribution is 2.55. The van der Waals surface area contributed by atoms with Crippen LogP contribution in [0.2, 0.25) is 0 Å². The monoisotopic (exact) mass is 640 g/mol. The number of hydrogen-bond acceptors (Lipinski definition) is 5. The molecule has 1 aromatic heterocycles. The third kappa shape index (κ3) is 4.74. The summed E-state index contributed by atoms with van der Waals surface area (Å²) in [6.07, 6.45) is 0. The molecule has 2 heterocycles. The zero-order valence-electron chi connectivity index (χ0n) is 26.9. The number of rotatable bonds is 5. The predicted molar refractivity (Wildman–Crippen MR) is 197 cm³/mol. The number of para-hydroxylation sites is 1. The smallest absolute Gasteiger partial charge is 0.164 e. The summed E-state index contributed by atoms with van der Waals surface area (Å²) >= 11 is 0. The van der Waals surface area contributed by atoms with E-state index in [0.717, 1.165) is 61.2 Å². The zero-order valence-corrected chi connectivity index (χ0v) is 26.9. The first kappa shape index (κ1) is 29.3. The fourth-order valence-electron chi connectivity index (χ4n) is 7.21. The Hall–Kier alpha value is -6.90. The maximum absolute atomic E-state index is 9.45. The van der Waals surface area contributed by atoms with Crippen molar-refractivity contribution in [3.05, 3.63) is 198 Å². The second-order valence-electron chi connectivity index (χ2n) is 12.3. The molecule has 0 spiro atoms. The van der Waals surface area contributed by atoms with Gasteiger partial charge < -0.3 is 4.74 Å². The first-order chi connectivity index (χ1) is 24.7. The molecule has 0 saturated carbocycles. The van der Waals surface area contributed by atoms with E-state index in [0.29, 0.717) is 23.0 Å². The molecule has 5 heteroatoms. The van der Waals surface area contributed by atoms with Gasteiger partial charge in [-0.3, -0.25) is 0 Å². The molecule has 1 aliphatic heterocycles. The van der Waals surface area contributed by atoms with Crippen molar-refractivity contribution in [1.29, 1.82) is 5.26 Å². The van der Waals surface area contributed by atoms with Crippen LogP contribution in [-0.2, 0) is 5.41 Å². The summed E-state index contributed by atoms with van der Waals surface area (Å²) in [4.78, 5) is 15.2. The van der Waals surface area contributed by atoms with E-state index >= 15 is 0 Å². The Labute approximate surface area is 289 Å². The highest BCUT2D eigenvalue weighted by atomic mass is 16.5. The van der Waals surface area contributed by atoms with Crippen molar-refractivity contribution in [3.63, 3.8) is 0 Å². The minimum atomic E-state index is -0.676. The SMILES string of the molecule is N#Cc1ccc(-c2nc(-c3ccc4c(c3)C(c3ccccc3)(c3ccccc3)c3ccccc3O4)nc(-c3cccc4ccccc34)n2)cc1. The maximum Gasteiger partial charge on any atom is 0.164 e. The molecule has 0 atom stereocenters. The molecular formula is C45H28N4O. The van der Waals surface area contributed by atoms with E-state index in [-0.39, 0.29) is 0 Å². The van der Waals surface area contributed by atoms with Gasteiger partial charge in [-0.2, -0.15) is 5.26 Å². The maximum atomic E-state index is 9.45. The number of hydrogen-bond donors (Lipinski definition) is 0. The van der Waals surface area contributed by atoms with Gasteiger partial charge in [0, 0.05) is 27.8 Å². The number of benzene rings is 7. The second-order valence-corrected chi connectivity index (χ2v) is 12.3. The van der Waals surface area contributed by atoms with Crippen LogP contribution < -0.4 is 4.74 Å². The van der Waals surface area contributed by atoms with E-state index in [1.807, 2.05) is 54.6 Å². The minimum absolute atomic E-state index is 0.527. The molecule has 7 aromatic carbocycles. The van der Waals surface area contributed by atoms with E-state index < -0.39 is 5.41 Å². The third-order valence-electron chi connectivity index (χ3n) is 9.50. The van der Waals surface area contributed by atoms with Gasteiger partial charge in [-0.05, 0) is 70.4 Å². The van der Waals surface area contributed by atoms with Crippen molar-refractivity contribution in [2.45, 2.75) is 5.41 Å². The number of ether oxygens (including phenoxy) is 1. The molecule has 0 N–H and O–H groups in total. The lowest BCUT2D eigenvalue weighted by Crippen LogP contribution is -2.34. The van der Waals surface area contributed by atoms with Gasteiger partial charge in [0.1, 0.15) is 11.5 Å². The van der Waals surface area contributed by atoms with Gasteiger partial charge in [0.25, 0.3) is 0 Å². The van der Waals surface area contributed by atoms with Crippen LogP contribution in [0, 0.1) is 11.3 Å². The van der Waals surface area contributed by atoms with E-state index in [9.17, 15) is 5.26 Å². The van der Waals surface area contributed by atoms with Crippen LogP contribution in [0.3, 0.4) is 0 Å². The van der Waals surface area contributed by atoms with Crippen LogP contribution in [-0.4, -0.2) is 15.0 Å². The highest BCUT2D eigenvalue weighted by molar-refractivity contribution is 5.95. The quantitative estimate of drug-likeness (QED) is 0.187. The van der Waals surface area contributed by atoms with Gasteiger partial charge in [0.05, 0.1) is 17.0 Å². The van der Waals surface area contributed by atoms with Gasteiger partial charge in [-0.1, -0.05) is 121 Å². The molecule has 0 bridgehead atoms. The Kier molecular flexibility index (Phi) is 7.00. The van der Waals surface area contributed by atoms with Gasteiger partial charge in [0.15, 0.2) is 17.5 Å². The first-order valence-electron chi connectivity index (χ1n) is 16.5. The van der Waals surface area contributed by atoms with Crippen molar-refractivity contribution >= 4 is 10.8 Å². The van der Waals surface area contributed by atoms with Crippen LogP contribution in [0.15, 0.2) is 170 Å². The number of nitrogens with zero attached hydrogens (tertiary/aromatic N) is 4. The summed E-state index contributed by atoms with van der Waals surface area (Å²) in [5, 5.41) is 11.6. The minimum Gasteiger partial charge on any atom is -0.457 e. The van der Waals surface area contributed by atoms with Crippen LogP contribution in [0.4, 0.5) is 0 Å². The molecule has 0 saturated heterocycles. The third-order valence-corrected chi connectivity index (χ3v) is 9.50. The molecule has 1 aliphatic rings. The van der Waals surface area contributed by atoms with E-state index in [2.05, 4.69) is 109 Å². The fraction of sp³-hybridized carbons (Fsp3) is 0.0222. The Bertz CT molecular complexity index is 2530. The molecule has 9 rings (SSSR count). The summed E-state index contributed by atoms with van der Waals surface area (Å²) < 4.78 is 6.64. The van der Waals surface area contributed by atoms with Gasteiger partial charge in [-0.15, -0.1) is 0 Å². The highest BCUT2D eigenvalue weighted by Gasteiger charge is 2.45. The largest absolute Gasteiger partial charge is 0.457 e. The molecule has 5 nitrogen and oxygen atoms in total. The van der Waals surface area contributed by atoms with Crippen LogP contribution in [0.1, 0.15) is 27.8 Å². The number of aromatic nitrogens is 3. The van der Waals surface area contributed by atoms with Crippen molar-refractivity contribution in [2.24, 2.45) is 0 Å². The standard InChI is InChI=1S/C45H28N4O/c46-29-30-22-24-32(25-23-30)42-47-43(49-44(48-42)37-19-11-13-31-12-7-8-18-36(31)37)33-26-27-41-39(28-33)45(34-14-3-1-4-15-34,35-16-5-2-6-17-35)38-20-9-10-21-40(38)50-41/h1-28H. The lowest BCUT2D eigenvalue weighted by molar-refractivity contribution is 0.434. The molecular weight excluding hydrogens is 613 g/mol. The molecule has 0 aliphatic carbocycles.